The summed E-state index contributed by atoms with van der Waals surface area (Å²) in [6, 6.07) is 9.57. The molecule has 2 aromatic rings. The Kier molecular flexibility index (Phi) is 4.60. The highest BCUT2D eigenvalue weighted by molar-refractivity contribution is 6.35. The van der Waals surface area contributed by atoms with Gasteiger partial charge < -0.3 is 4.90 Å². The number of amides is 1. The molecule has 0 saturated carbocycles. The zero-order valence-electron chi connectivity index (χ0n) is 13.1. The van der Waals surface area contributed by atoms with Gasteiger partial charge in [-0.3, -0.25) is 4.79 Å². The molecular formula is C18H18Cl2N2O. The summed E-state index contributed by atoms with van der Waals surface area (Å²) in [5.74, 6) is 0.346. The lowest BCUT2D eigenvalue weighted by molar-refractivity contribution is 0.0985. The number of fused-ring (bicyclic) bond motifs is 1. The van der Waals surface area contributed by atoms with Crippen LogP contribution in [0.3, 0.4) is 0 Å². The van der Waals surface area contributed by atoms with Gasteiger partial charge in [0.1, 0.15) is 10.3 Å². The number of benzene rings is 1. The SMILES string of the molecule is CC(C)c1ccc2c(c1)CCCN2C(=O)c1ccc(Cl)nc1Cl. The van der Waals surface area contributed by atoms with E-state index >= 15 is 0 Å². The van der Waals surface area contributed by atoms with Gasteiger partial charge in [0.15, 0.2) is 0 Å². The topological polar surface area (TPSA) is 33.2 Å². The van der Waals surface area contributed by atoms with E-state index in [-0.39, 0.29) is 16.2 Å². The number of anilines is 1. The normalized spacial score (nSPS) is 14.0. The fourth-order valence-corrected chi connectivity index (χ4v) is 3.33. The number of rotatable bonds is 2. The van der Waals surface area contributed by atoms with Crippen molar-refractivity contribution in [2.45, 2.75) is 32.6 Å². The molecule has 0 radical (unpaired) electrons. The third-order valence-electron chi connectivity index (χ3n) is 4.18. The maximum absolute atomic E-state index is 12.9. The molecule has 0 fully saturated rings. The number of aryl methyl sites for hydroxylation is 1. The molecule has 5 heteroatoms. The molecule has 1 aromatic heterocycles. The summed E-state index contributed by atoms with van der Waals surface area (Å²) < 4.78 is 0. The number of aromatic nitrogens is 1. The minimum atomic E-state index is -0.127. The van der Waals surface area contributed by atoms with E-state index < -0.39 is 0 Å². The van der Waals surface area contributed by atoms with Crippen LogP contribution in [0.5, 0.6) is 0 Å². The van der Waals surface area contributed by atoms with Gasteiger partial charge in [0.05, 0.1) is 5.56 Å². The van der Waals surface area contributed by atoms with Gasteiger partial charge in [-0.1, -0.05) is 49.2 Å². The molecule has 0 spiro atoms. The largest absolute Gasteiger partial charge is 0.308 e. The van der Waals surface area contributed by atoms with E-state index in [1.54, 1.807) is 17.0 Å². The highest BCUT2D eigenvalue weighted by atomic mass is 35.5. The van der Waals surface area contributed by atoms with Crippen molar-refractivity contribution in [1.82, 2.24) is 4.98 Å². The van der Waals surface area contributed by atoms with Crippen LogP contribution in [0.4, 0.5) is 5.69 Å². The van der Waals surface area contributed by atoms with E-state index in [0.29, 0.717) is 18.0 Å². The Morgan fingerprint density at radius 3 is 2.70 bits per heavy atom. The van der Waals surface area contributed by atoms with Gasteiger partial charge in [-0.25, -0.2) is 4.98 Å². The summed E-state index contributed by atoms with van der Waals surface area (Å²) in [5, 5.41) is 0.431. The van der Waals surface area contributed by atoms with Gasteiger partial charge in [-0.2, -0.15) is 0 Å². The second-order valence-electron chi connectivity index (χ2n) is 6.08. The van der Waals surface area contributed by atoms with Gasteiger partial charge in [0.25, 0.3) is 5.91 Å². The second kappa shape index (κ2) is 6.50. The summed E-state index contributed by atoms with van der Waals surface area (Å²) in [6.45, 7) is 5.03. The number of carbonyl (C=O) groups excluding carboxylic acids is 1. The van der Waals surface area contributed by atoms with Crippen LogP contribution < -0.4 is 4.90 Å². The number of nitrogens with zero attached hydrogens (tertiary/aromatic N) is 2. The average molecular weight is 349 g/mol. The summed E-state index contributed by atoms with van der Waals surface area (Å²) in [4.78, 5) is 18.6. The molecule has 1 aliphatic heterocycles. The first-order chi connectivity index (χ1) is 11.0. The van der Waals surface area contributed by atoms with Crippen molar-refractivity contribution in [3.63, 3.8) is 0 Å². The predicted molar refractivity (Wildman–Crippen MR) is 94.8 cm³/mol. The standard InChI is InChI=1S/C18H18Cl2N2O/c1-11(2)12-5-7-15-13(10-12)4-3-9-22(15)18(23)14-6-8-16(19)21-17(14)20/h5-8,10-11H,3-4,9H2,1-2H3. The van der Waals surface area contributed by atoms with Crippen LogP contribution >= 0.6 is 23.2 Å². The number of pyridine rings is 1. The summed E-state index contributed by atoms with van der Waals surface area (Å²) in [7, 11) is 0. The highest BCUT2D eigenvalue weighted by Gasteiger charge is 2.25. The van der Waals surface area contributed by atoms with Crippen molar-refractivity contribution >= 4 is 34.8 Å². The molecule has 3 nitrogen and oxygen atoms in total. The molecule has 0 N–H and O–H groups in total. The first kappa shape index (κ1) is 16.3. The van der Waals surface area contributed by atoms with Gasteiger partial charge in [-0.05, 0) is 48.1 Å². The van der Waals surface area contributed by atoms with Crippen LogP contribution in [0.1, 0.15) is 47.7 Å². The Balaban J connectivity index is 1.98. The Bertz CT molecular complexity index is 759. The third kappa shape index (κ3) is 3.22. The van der Waals surface area contributed by atoms with E-state index in [4.69, 9.17) is 23.2 Å². The van der Waals surface area contributed by atoms with Crippen LogP contribution in [-0.2, 0) is 6.42 Å². The van der Waals surface area contributed by atoms with Gasteiger partial charge in [0, 0.05) is 12.2 Å². The smallest absolute Gasteiger partial charge is 0.261 e. The Morgan fingerprint density at radius 2 is 2.00 bits per heavy atom. The van der Waals surface area contributed by atoms with Crippen molar-refractivity contribution in [1.29, 1.82) is 0 Å². The van der Waals surface area contributed by atoms with Gasteiger partial charge in [-0.15, -0.1) is 0 Å². The van der Waals surface area contributed by atoms with E-state index in [2.05, 4.69) is 31.0 Å². The van der Waals surface area contributed by atoms with Crippen LogP contribution in [0, 0.1) is 0 Å². The quantitative estimate of drug-likeness (QED) is 0.707. The fourth-order valence-electron chi connectivity index (χ4n) is 2.90. The van der Waals surface area contributed by atoms with Gasteiger partial charge in [0.2, 0.25) is 0 Å². The Labute approximate surface area is 146 Å². The summed E-state index contributed by atoms with van der Waals surface area (Å²) in [6.07, 6.45) is 1.94. The Hall–Kier alpha value is -1.58. The zero-order valence-corrected chi connectivity index (χ0v) is 14.7. The lowest BCUT2D eigenvalue weighted by atomic mass is 9.94. The molecule has 2 heterocycles. The van der Waals surface area contributed by atoms with Crippen LogP contribution in [-0.4, -0.2) is 17.4 Å². The first-order valence-corrected chi connectivity index (χ1v) is 8.49. The second-order valence-corrected chi connectivity index (χ2v) is 6.82. The molecule has 1 aliphatic rings. The number of halogens is 2. The van der Waals surface area contributed by atoms with E-state index in [1.807, 2.05) is 6.07 Å². The molecular weight excluding hydrogens is 331 g/mol. The molecule has 0 unspecified atom stereocenters. The minimum Gasteiger partial charge on any atom is -0.308 e. The van der Waals surface area contributed by atoms with E-state index in [1.165, 1.54) is 11.1 Å². The Morgan fingerprint density at radius 1 is 1.22 bits per heavy atom. The molecule has 23 heavy (non-hydrogen) atoms. The maximum Gasteiger partial charge on any atom is 0.261 e. The third-order valence-corrected chi connectivity index (χ3v) is 4.68. The fraction of sp³-hybridized carbons (Fsp3) is 0.333. The molecule has 0 aliphatic carbocycles. The van der Waals surface area contributed by atoms with Crippen molar-refractivity contribution in [2.75, 3.05) is 11.4 Å². The number of carbonyl (C=O) groups is 1. The van der Waals surface area contributed by atoms with E-state index in [9.17, 15) is 4.79 Å². The first-order valence-electron chi connectivity index (χ1n) is 7.74. The lowest BCUT2D eigenvalue weighted by Gasteiger charge is -2.30. The average Bonchev–Trinajstić information content (AvgIpc) is 2.53. The molecule has 0 atom stereocenters. The van der Waals surface area contributed by atoms with E-state index in [0.717, 1.165) is 18.5 Å². The van der Waals surface area contributed by atoms with Crippen molar-refractivity contribution < 1.29 is 4.79 Å². The lowest BCUT2D eigenvalue weighted by Crippen LogP contribution is -2.35. The summed E-state index contributed by atoms with van der Waals surface area (Å²) in [5.41, 5.74) is 3.87. The zero-order chi connectivity index (χ0) is 16.6. The predicted octanol–water partition coefficient (Wildman–Crippen LogP) is 5.10. The van der Waals surface area contributed by atoms with Crippen LogP contribution in [0.2, 0.25) is 10.3 Å². The molecule has 0 bridgehead atoms. The summed E-state index contributed by atoms with van der Waals surface area (Å²) >= 11 is 11.9. The highest BCUT2D eigenvalue weighted by Crippen LogP contribution is 2.32. The van der Waals surface area contributed by atoms with Crippen LogP contribution in [0.25, 0.3) is 0 Å². The van der Waals surface area contributed by atoms with Gasteiger partial charge >= 0.3 is 0 Å². The monoisotopic (exact) mass is 348 g/mol. The molecule has 1 amide bonds. The number of hydrogen-bond donors (Lipinski definition) is 0. The molecule has 3 rings (SSSR count). The minimum absolute atomic E-state index is 0.127. The van der Waals surface area contributed by atoms with Crippen LogP contribution in [0.15, 0.2) is 30.3 Å². The molecule has 0 saturated heterocycles. The molecule has 1 aromatic carbocycles. The van der Waals surface area contributed by atoms with Crippen molar-refractivity contribution in [2.24, 2.45) is 0 Å². The number of hydrogen-bond acceptors (Lipinski definition) is 2. The van der Waals surface area contributed by atoms with Crippen molar-refractivity contribution in [3.05, 3.63) is 57.3 Å². The maximum atomic E-state index is 12.9. The molecule has 120 valence electrons. The van der Waals surface area contributed by atoms with Crippen molar-refractivity contribution in [3.8, 4) is 0 Å².